The average molecular weight is 329 g/mol. The summed E-state index contributed by atoms with van der Waals surface area (Å²) in [5, 5.41) is 3.61. The first-order valence-electron chi connectivity index (χ1n) is 8.70. The van der Waals surface area contributed by atoms with Gasteiger partial charge in [-0.1, -0.05) is 0 Å². The molecular formula is C17H32N2O2S. The van der Waals surface area contributed by atoms with Crippen molar-refractivity contribution < 1.29 is 9.53 Å². The Kier molecular flexibility index (Phi) is 6.87. The molecule has 0 aromatic carbocycles. The summed E-state index contributed by atoms with van der Waals surface area (Å²) in [5.74, 6) is 4.14. The Morgan fingerprint density at radius 1 is 1.32 bits per heavy atom. The van der Waals surface area contributed by atoms with Gasteiger partial charge in [-0.25, -0.2) is 4.79 Å². The number of thioether (sulfide) groups is 1. The van der Waals surface area contributed by atoms with Crippen molar-refractivity contribution in [2.24, 2.45) is 11.8 Å². The molecule has 2 saturated heterocycles. The van der Waals surface area contributed by atoms with E-state index in [-0.39, 0.29) is 6.09 Å². The van der Waals surface area contributed by atoms with Crippen LogP contribution >= 0.6 is 11.8 Å². The Balaban J connectivity index is 1.63. The van der Waals surface area contributed by atoms with Crippen molar-refractivity contribution in [1.29, 1.82) is 0 Å². The molecule has 2 atom stereocenters. The topological polar surface area (TPSA) is 41.6 Å². The summed E-state index contributed by atoms with van der Waals surface area (Å²) in [6, 6.07) is 0. The summed E-state index contributed by atoms with van der Waals surface area (Å²) in [4.78, 5) is 14.0. The Labute approximate surface area is 139 Å². The van der Waals surface area contributed by atoms with Gasteiger partial charge in [-0.05, 0) is 82.9 Å². The second-order valence-corrected chi connectivity index (χ2v) is 8.81. The van der Waals surface area contributed by atoms with Gasteiger partial charge in [0.15, 0.2) is 0 Å². The highest BCUT2D eigenvalue weighted by Crippen LogP contribution is 2.23. The van der Waals surface area contributed by atoms with E-state index in [0.717, 1.165) is 38.5 Å². The van der Waals surface area contributed by atoms with Gasteiger partial charge in [0.05, 0.1) is 0 Å². The van der Waals surface area contributed by atoms with Crippen LogP contribution in [0, 0.1) is 11.8 Å². The second kappa shape index (κ2) is 8.44. The number of nitrogens with zero attached hydrogens (tertiary/aromatic N) is 1. The number of carbonyl (C=O) groups is 1. The van der Waals surface area contributed by atoms with Crippen molar-refractivity contribution in [3.63, 3.8) is 0 Å². The maximum atomic E-state index is 12.1. The Morgan fingerprint density at radius 3 is 2.82 bits per heavy atom. The van der Waals surface area contributed by atoms with E-state index in [1.807, 2.05) is 25.7 Å². The molecule has 4 nitrogen and oxygen atoms in total. The first-order chi connectivity index (χ1) is 10.4. The summed E-state index contributed by atoms with van der Waals surface area (Å²) in [6.45, 7) is 9.73. The number of hydrogen-bond acceptors (Lipinski definition) is 4. The fourth-order valence-corrected chi connectivity index (χ4v) is 4.43. The maximum Gasteiger partial charge on any atom is 0.410 e. The summed E-state index contributed by atoms with van der Waals surface area (Å²) in [5.41, 5.74) is -0.398. The molecule has 0 saturated carbocycles. The molecule has 2 aliphatic rings. The summed E-state index contributed by atoms with van der Waals surface area (Å²) in [7, 11) is 0. The van der Waals surface area contributed by atoms with E-state index in [0.29, 0.717) is 5.92 Å². The molecule has 2 heterocycles. The lowest BCUT2D eigenvalue weighted by Gasteiger charge is -2.34. The third kappa shape index (κ3) is 6.37. The molecule has 0 aliphatic carbocycles. The van der Waals surface area contributed by atoms with Crippen LogP contribution in [0.3, 0.4) is 0 Å². The van der Waals surface area contributed by atoms with Crippen LogP contribution in [-0.4, -0.2) is 54.3 Å². The highest BCUT2D eigenvalue weighted by molar-refractivity contribution is 7.99. The predicted octanol–water partition coefficient (Wildman–Crippen LogP) is 3.37. The molecule has 2 fully saturated rings. The molecule has 1 N–H and O–H groups in total. The number of ether oxygens (including phenoxy) is 1. The van der Waals surface area contributed by atoms with Crippen LogP contribution in [0.15, 0.2) is 0 Å². The zero-order valence-electron chi connectivity index (χ0n) is 14.4. The Hall–Kier alpha value is -0.420. The smallest absolute Gasteiger partial charge is 0.410 e. The SMILES string of the molecule is CC(C)(C)OC(=O)N1CCCC(CCNCC2CCSC2)C1. The molecule has 1 amide bonds. The molecule has 0 aromatic rings. The number of hydrogen-bond donors (Lipinski definition) is 1. The Bertz CT molecular complexity index is 351. The molecule has 0 aromatic heterocycles. The summed E-state index contributed by atoms with van der Waals surface area (Å²) >= 11 is 2.08. The minimum atomic E-state index is -0.398. The number of amides is 1. The largest absolute Gasteiger partial charge is 0.444 e. The molecule has 2 rings (SSSR count). The number of piperidine rings is 1. The third-order valence-electron chi connectivity index (χ3n) is 4.36. The average Bonchev–Trinajstić information content (AvgIpc) is 2.95. The molecule has 128 valence electrons. The van der Waals surface area contributed by atoms with Crippen molar-refractivity contribution >= 4 is 17.9 Å². The normalized spacial score (nSPS) is 26.2. The second-order valence-electron chi connectivity index (χ2n) is 7.66. The standard InChI is InChI=1S/C17H32N2O2S/c1-17(2,3)21-16(20)19-9-4-5-14(12-19)6-8-18-11-15-7-10-22-13-15/h14-15,18H,4-13H2,1-3H3. The third-order valence-corrected chi connectivity index (χ3v) is 5.59. The van der Waals surface area contributed by atoms with Gasteiger partial charge in [0.2, 0.25) is 0 Å². The quantitative estimate of drug-likeness (QED) is 0.786. The van der Waals surface area contributed by atoms with E-state index in [9.17, 15) is 4.79 Å². The predicted molar refractivity (Wildman–Crippen MR) is 93.4 cm³/mol. The first-order valence-corrected chi connectivity index (χ1v) is 9.86. The first kappa shape index (κ1) is 17.9. The lowest BCUT2D eigenvalue weighted by molar-refractivity contribution is 0.0162. The number of rotatable bonds is 5. The molecule has 0 spiro atoms. The lowest BCUT2D eigenvalue weighted by Crippen LogP contribution is -2.43. The molecule has 2 unspecified atom stereocenters. The fourth-order valence-electron chi connectivity index (χ4n) is 3.15. The van der Waals surface area contributed by atoms with E-state index < -0.39 is 5.60 Å². The molecule has 22 heavy (non-hydrogen) atoms. The highest BCUT2D eigenvalue weighted by Gasteiger charge is 2.27. The van der Waals surface area contributed by atoms with E-state index in [1.165, 1.54) is 30.8 Å². The van der Waals surface area contributed by atoms with Crippen molar-refractivity contribution in [2.75, 3.05) is 37.7 Å². The van der Waals surface area contributed by atoms with Gasteiger partial charge in [-0.3, -0.25) is 0 Å². The monoisotopic (exact) mass is 328 g/mol. The van der Waals surface area contributed by atoms with Gasteiger partial charge >= 0.3 is 6.09 Å². The number of carbonyl (C=O) groups excluding carboxylic acids is 1. The molecule has 2 aliphatic heterocycles. The zero-order valence-corrected chi connectivity index (χ0v) is 15.2. The van der Waals surface area contributed by atoms with Gasteiger partial charge in [0.25, 0.3) is 0 Å². The van der Waals surface area contributed by atoms with E-state index >= 15 is 0 Å². The fraction of sp³-hybridized carbons (Fsp3) is 0.941. The van der Waals surface area contributed by atoms with Crippen LogP contribution in [-0.2, 0) is 4.74 Å². The minimum absolute atomic E-state index is 0.145. The van der Waals surface area contributed by atoms with Gasteiger partial charge in [0.1, 0.15) is 5.60 Å². The van der Waals surface area contributed by atoms with E-state index in [2.05, 4.69) is 17.1 Å². The summed E-state index contributed by atoms with van der Waals surface area (Å²) < 4.78 is 5.49. The van der Waals surface area contributed by atoms with Crippen LogP contribution in [0.4, 0.5) is 4.79 Å². The van der Waals surface area contributed by atoms with Gasteiger partial charge in [-0.15, -0.1) is 0 Å². The van der Waals surface area contributed by atoms with Crippen LogP contribution in [0.1, 0.15) is 46.5 Å². The number of likely N-dealkylation sites (tertiary alicyclic amines) is 1. The summed E-state index contributed by atoms with van der Waals surface area (Å²) in [6.07, 6.45) is 4.73. The van der Waals surface area contributed by atoms with Crippen LogP contribution in [0.5, 0.6) is 0 Å². The van der Waals surface area contributed by atoms with Crippen LogP contribution in [0.2, 0.25) is 0 Å². The number of nitrogens with one attached hydrogen (secondary N) is 1. The maximum absolute atomic E-state index is 12.1. The zero-order chi connectivity index (χ0) is 16.0. The van der Waals surface area contributed by atoms with Crippen molar-refractivity contribution in [1.82, 2.24) is 10.2 Å². The van der Waals surface area contributed by atoms with Crippen molar-refractivity contribution in [3.05, 3.63) is 0 Å². The van der Waals surface area contributed by atoms with Crippen molar-refractivity contribution in [2.45, 2.75) is 52.1 Å². The molecule has 5 heteroatoms. The lowest BCUT2D eigenvalue weighted by atomic mass is 9.95. The van der Waals surface area contributed by atoms with E-state index in [4.69, 9.17) is 4.74 Å². The molecule has 0 bridgehead atoms. The molecular weight excluding hydrogens is 296 g/mol. The molecule has 0 radical (unpaired) electrons. The van der Waals surface area contributed by atoms with E-state index in [1.54, 1.807) is 0 Å². The van der Waals surface area contributed by atoms with Gasteiger partial charge in [-0.2, -0.15) is 11.8 Å². The van der Waals surface area contributed by atoms with Crippen LogP contribution < -0.4 is 5.32 Å². The Morgan fingerprint density at radius 2 is 2.14 bits per heavy atom. The minimum Gasteiger partial charge on any atom is -0.444 e. The van der Waals surface area contributed by atoms with Crippen LogP contribution in [0.25, 0.3) is 0 Å². The van der Waals surface area contributed by atoms with Gasteiger partial charge in [0, 0.05) is 13.1 Å². The highest BCUT2D eigenvalue weighted by atomic mass is 32.2. The van der Waals surface area contributed by atoms with Gasteiger partial charge < -0.3 is 15.0 Å². The van der Waals surface area contributed by atoms with Crippen molar-refractivity contribution in [3.8, 4) is 0 Å².